The molecule has 0 spiro atoms. The highest BCUT2D eigenvalue weighted by atomic mass is 16.5. The van der Waals surface area contributed by atoms with E-state index in [2.05, 4.69) is 4.74 Å². The molecule has 1 unspecified atom stereocenters. The van der Waals surface area contributed by atoms with Crippen molar-refractivity contribution in [3.63, 3.8) is 0 Å². The molecule has 1 aliphatic heterocycles. The summed E-state index contributed by atoms with van der Waals surface area (Å²) in [4.78, 5) is 24.3. The van der Waals surface area contributed by atoms with Gasteiger partial charge in [0.2, 0.25) is 0 Å². The Kier molecular flexibility index (Phi) is 5.25. The van der Waals surface area contributed by atoms with Crippen molar-refractivity contribution < 1.29 is 19.1 Å². The van der Waals surface area contributed by atoms with Crippen LogP contribution in [0.3, 0.4) is 0 Å². The predicted molar refractivity (Wildman–Crippen MR) is 57.9 cm³/mol. The number of amides is 1. The quantitative estimate of drug-likeness (QED) is 0.662. The highest BCUT2D eigenvalue weighted by Crippen LogP contribution is 2.14. The molecule has 1 aliphatic rings. The van der Waals surface area contributed by atoms with Crippen LogP contribution in [0.1, 0.15) is 25.7 Å². The van der Waals surface area contributed by atoms with Crippen LogP contribution in [0.15, 0.2) is 0 Å². The normalized spacial score (nSPS) is 20.2. The van der Waals surface area contributed by atoms with Crippen LogP contribution < -0.4 is 0 Å². The van der Waals surface area contributed by atoms with Crippen LogP contribution >= 0.6 is 0 Å². The first kappa shape index (κ1) is 13.0. The second-order valence-corrected chi connectivity index (χ2v) is 3.94. The lowest BCUT2D eigenvalue weighted by Gasteiger charge is -2.26. The maximum absolute atomic E-state index is 11.8. The SMILES string of the molecule is COC(=O)CCN(C)C(=O)C1CCCCO1. The lowest BCUT2D eigenvalue weighted by atomic mass is 10.1. The van der Waals surface area contributed by atoms with Gasteiger partial charge in [-0.15, -0.1) is 0 Å². The van der Waals surface area contributed by atoms with E-state index in [4.69, 9.17) is 4.74 Å². The van der Waals surface area contributed by atoms with E-state index in [-0.39, 0.29) is 24.4 Å². The lowest BCUT2D eigenvalue weighted by molar-refractivity contribution is -0.146. The summed E-state index contributed by atoms with van der Waals surface area (Å²) in [6.07, 6.45) is 2.74. The molecule has 0 aromatic carbocycles. The summed E-state index contributed by atoms with van der Waals surface area (Å²) in [5.41, 5.74) is 0. The van der Waals surface area contributed by atoms with Crippen LogP contribution in [-0.2, 0) is 19.1 Å². The third-order valence-corrected chi connectivity index (χ3v) is 2.71. The summed E-state index contributed by atoms with van der Waals surface area (Å²) in [6.45, 7) is 1.03. The molecule has 0 bridgehead atoms. The molecule has 0 aromatic rings. The topological polar surface area (TPSA) is 55.8 Å². The van der Waals surface area contributed by atoms with E-state index in [1.54, 1.807) is 7.05 Å². The van der Waals surface area contributed by atoms with Crippen LogP contribution in [0, 0.1) is 0 Å². The molecule has 1 saturated heterocycles. The van der Waals surface area contributed by atoms with E-state index in [0.717, 1.165) is 19.3 Å². The van der Waals surface area contributed by atoms with Gasteiger partial charge in [-0.3, -0.25) is 9.59 Å². The van der Waals surface area contributed by atoms with Gasteiger partial charge in [-0.25, -0.2) is 0 Å². The van der Waals surface area contributed by atoms with E-state index in [9.17, 15) is 9.59 Å². The first-order valence-corrected chi connectivity index (χ1v) is 5.58. The average molecular weight is 229 g/mol. The van der Waals surface area contributed by atoms with Crippen molar-refractivity contribution in [1.82, 2.24) is 4.90 Å². The van der Waals surface area contributed by atoms with Gasteiger partial charge in [0.05, 0.1) is 13.5 Å². The number of methoxy groups -OCH3 is 1. The van der Waals surface area contributed by atoms with E-state index < -0.39 is 0 Å². The maximum Gasteiger partial charge on any atom is 0.307 e. The Morgan fingerprint density at radius 1 is 1.44 bits per heavy atom. The summed E-state index contributed by atoms with van der Waals surface area (Å²) in [7, 11) is 3.03. The first-order valence-electron chi connectivity index (χ1n) is 5.58. The number of esters is 1. The van der Waals surface area contributed by atoms with Crippen LogP contribution in [0.4, 0.5) is 0 Å². The van der Waals surface area contributed by atoms with Crippen molar-refractivity contribution in [2.24, 2.45) is 0 Å². The van der Waals surface area contributed by atoms with E-state index >= 15 is 0 Å². The molecule has 0 radical (unpaired) electrons. The van der Waals surface area contributed by atoms with Crippen molar-refractivity contribution in [3.8, 4) is 0 Å². The fourth-order valence-corrected chi connectivity index (χ4v) is 1.65. The number of ether oxygens (including phenoxy) is 2. The average Bonchev–Trinajstić information content (AvgIpc) is 2.35. The molecule has 5 heteroatoms. The Bertz CT molecular complexity index is 248. The Morgan fingerprint density at radius 3 is 2.75 bits per heavy atom. The smallest absolute Gasteiger partial charge is 0.307 e. The Hall–Kier alpha value is -1.10. The Labute approximate surface area is 95.7 Å². The molecule has 92 valence electrons. The third kappa shape index (κ3) is 3.81. The minimum absolute atomic E-state index is 0.0383. The Morgan fingerprint density at radius 2 is 2.19 bits per heavy atom. The van der Waals surface area contributed by atoms with Crippen LogP contribution in [-0.4, -0.2) is 50.2 Å². The number of hydrogen-bond acceptors (Lipinski definition) is 4. The molecule has 1 rings (SSSR count). The van der Waals surface area contributed by atoms with Gasteiger partial charge in [-0.1, -0.05) is 0 Å². The highest BCUT2D eigenvalue weighted by molar-refractivity contribution is 5.81. The summed E-state index contributed by atoms with van der Waals surface area (Å²) in [5, 5.41) is 0. The minimum atomic E-state index is -0.323. The molecule has 1 fully saturated rings. The van der Waals surface area contributed by atoms with Gasteiger partial charge in [-0.2, -0.15) is 0 Å². The van der Waals surface area contributed by atoms with Crippen LogP contribution in [0.25, 0.3) is 0 Å². The zero-order chi connectivity index (χ0) is 12.0. The molecular weight excluding hydrogens is 210 g/mol. The van der Waals surface area contributed by atoms with Crippen LogP contribution in [0.2, 0.25) is 0 Å². The van der Waals surface area contributed by atoms with Crippen molar-refractivity contribution >= 4 is 11.9 Å². The van der Waals surface area contributed by atoms with Crippen molar-refractivity contribution in [1.29, 1.82) is 0 Å². The maximum atomic E-state index is 11.8. The number of carbonyl (C=O) groups excluding carboxylic acids is 2. The standard InChI is InChI=1S/C11H19NO4/c1-12(7-6-10(13)15-2)11(14)9-5-3-4-8-16-9/h9H,3-8H2,1-2H3. The van der Waals surface area contributed by atoms with E-state index in [1.165, 1.54) is 12.0 Å². The number of nitrogens with zero attached hydrogens (tertiary/aromatic N) is 1. The largest absolute Gasteiger partial charge is 0.469 e. The van der Waals surface area contributed by atoms with Gasteiger partial charge in [0, 0.05) is 20.2 Å². The van der Waals surface area contributed by atoms with Crippen molar-refractivity contribution in [2.75, 3.05) is 27.3 Å². The summed E-state index contributed by atoms with van der Waals surface area (Å²) >= 11 is 0. The third-order valence-electron chi connectivity index (χ3n) is 2.71. The van der Waals surface area contributed by atoms with Gasteiger partial charge >= 0.3 is 5.97 Å². The lowest BCUT2D eigenvalue weighted by Crippen LogP contribution is -2.40. The monoisotopic (exact) mass is 229 g/mol. The number of carbonyl (C=O) groups is 2. The Balaban J connectivity index is 2.31. The van der Waals surface area contributed by atoms with Crippen molar-refractivity contribution in [2.45, 2.75) is 31.8 Å². The summed E-state index contributed by atoms with van der Waals surface area (Å²) in [5.74, 6) is -0.340. The molecule has 1 heterocycles. The van der Waals surface area contributed by atoms with E-state index in [0.29, 0.717) is 13.2 Å². The van der Waals surface area contributed by atoms with Gasteiger partial charge in [0.25, 0.3) is 5.91 Å². The molecule has 0 aromatic heterocycles. The molecule has 0 N–H and O–H groups in total. The predicted octanol–water partition coefficient (Wildman–Crippen LogP) is 0.577. The first-order chi connectivity index (χ1) is 7.65. The number of hydrogen-bond donors (Lipinski definition) is 0. The molecule has 1 atom stereocenters. The highest BCUT2D eigenvalue weighted by Gasteiger charge is 2.24. The molecule has 0 saturated carbocycles. The second kappa shape index (κ2) is 6.48. The van der Waals surface area contributed by atoms with Gasteiger partial charge in [0.15, 0.2) is 0 Å². The van der Waals surface area contributed by atoms with E-state index in [1.807, 2.05) is 0 Å². The van der Waals surface area contributed by atoms with Gasteiger partial charge in [0.1, 0.15) is 6.10 Å². The molecule has 16 heavy (non-hydrogen) atoms. The summed E-state index contributed by atoms with van der Waals surface area (Å²) in [6, 6.07) is 0. The fourth-order valence-electron chi connectivity index (χ4n) is 1.65. The summed E-state index contributed by atoms with van der Waals surface area (Å²) < 4.78 is 9.90. The van der Waals surface area contributed by atoms with Gasteiger partial charge < -0.3 is 14.4 Å². The number of likely N-dealkylation sites (N-methyl/N-ethyl adjacent to an activating group) is 1. The second-order valence-electron chi connectivity index (χ2n) is 3.94. The van der Waals surface area contributed by atoms with Gasteiger partial charge in [-0.05, 0) is 19.3 Å². The number of rotatable bonds is 4. The zero-order valence-electron chi connectivity index (χ0n) is 9.90. The van der Waals surface area contributed by atoms with Crippen LogP contribution in [0.5, 0.6) is 0 Å². The van der Waals surface area contributed by atoms with Crippen molar-refractivity contribution in [3.05, 3.63) is 0 Å². The molecule has 5 nitrogen and oxygen atoms in total. The zero-order valence-corrected chi connectivity index (χ0v) is 9.90. The fraction of sp³-hybridized carbons (Fsp3) is 0.818. The minimum Gasteiger partial charge on any atom is -0.469 e. The molecule has 0 aliphatic carbocycles. The molecule has 1 amide bonds. The molecular formula is C11H19NO4.